The number of likely N-dealkylation sites (tertiary alicyclic amines) is 1. The van der Waals surface area contributed by atoms with Gasteiger partial charge in [0.1, 0.15) is 6.61 Å². The Hall–Kier alpha value is -2.09. The molecule has 160 valence electrons. The van der Waals surface area contributed by atoms with Crippen molar-refractivity contribution in [3.05, 3.63) is 35.9 Å². The Balaban J connectivity index is 1.91. The number of hydrogen-bond donors (Lipinski definition) is 0. The van der Waals surface area contributed by atoms with Crippen LogP contribution in [0.4, 0.5) is 4.79 Å². The Morgan fingerprint density at radius 1 is 1.24 bits per heavy atom. The molecule has 0 spiro atoms. The number of hydrogen-bond acceptors (Lipinski definition) is 5. The van der Waals surface area contributed by atoms with Gasteiger partial charge in [-0.2, -0.15) is 0 Å². The van der Waals surface area contributed by atoms with Gasteiger partial charge in [-0.1, -0.05) is 57.5 Å². The van der Waals surface area contributed by atoms with Crippen molar-refractivity contribution in [1.29, 1.82) is 0 Å². The van der Waals surface area contributed by atoms with Crippen LogP contribution < -0.4 is 0 Å². The van der Waals surface area contributed by atoms with E-state index in [1.54, 1.807) is 4.90 Å². The number of carbonyl (C=O) groups is 2. The van der Waals surface area contributed by atoms with E-state index < -0.39 is 40.0 Å². The Morgan fingerprint density at radius 2 is 1.90 bits per heavy atom. The fraction of sp³-hybridized carbons (Fsp3) is 0.619. The number of nitrogens with zero attached hydrogens (tertiary/aromatic N) is 2. The quantitative estimate of drug-likeness (QED) is 0.704. The first-order chi connectivity index (χ1) is 13.7. The van der Waals surface area contributed by atoms with Gasteiger partial charge in [0, 0.05) is 6.04 Å². The summed E-state index contributed by atoms with van der Waals surface area (Å²) in [6.45, 7) is 5.96. The molecule has 0 saturated carbocycles. The lowest BCUT2D eigenvalue weighted by molar-refractivity contribution is -0.129. The summed E-state index contributed by atoms with van der Waals surface area (Å²) in [6, 6.07) is 8.26. The van der Waals surface area contributed by atoms with E-state index >= 15 is 0 Å². The third-order valence-electron chi connectivity index (χ3n) is 5.91. The Morgan fingerprint density at radius 3 is 2.45 bits per heavy atom. The molecule has 2 saturated heterocycles. The predicted octanol–water partition coefficient (Wildman–Crippen LogP) is 3.01. The lowest BCUT2D eigenvalue weighted by atomic mass is 9.88. The van der Waals surface area contributed by atoms with Crippen molar-refractivity contribution in [1.82, 2.24) is 9.21 Å². The molecule has 3 rings (SSSR count). The maximum atomic E-state index is 13.1. The minimum absolute atomic E-state index is 0.0912. The topological polar surface area (TPSA) is 84.0 Å². The second-order valence-corrected chi connectivity index (χ2v) is 10.2. The standard InChI is InChI=1S/C21H30N2O5S/c1-5-9-16-12-17-19(18(14(2)3)20(24)23(17)29(4,26)27)22(16)21(25)28-13-15-10-7-6-8-11-15/h6-8,10-11,14,16-19H,5,9,12-13H2,1-4H3/t16?,17-,18+,19-/m1/s1. The fourth-order valence-corrected chi connectivity index (χ4v) is 5.96. The number of sulfonamides is 1. The molecule has 2 aliphatic rings. The molecular formula is C21H30N2O5S. The molecule has 7 nitrogen and oxygen atoms in total. The Kier molecular flexibility index (Phi) is 6.22. The minimum atomic E-state index is -3.71. The number of ether oxygens (including phenoxy) is 1. The van der Waals surface area contributed by atoms with Crippen molar-refractivity contribution >= 4 is 22.0 Å². The molecule has 0 N–H and O–H groups in total. The highest BCUT2D eigenvalue weighted by molar-refractivity contribution is 7.88. The van der Waals surface area contributed by atoms with E-state index in [-0.39, 0.29) is 18.6 Å². The van der Waals surface area contributed by atoms with E-state index in [1.807, 2.05) is 51.1 Å². The van der Waals surface area contributed by atoms with Gasteiger partial charge in [0.15, 0.2) is 0 Å². The van der Waals surface area contributed by atoms with E-state index in [2.05, 4.69) is 0 Å². The Labute approximate surface area is 173 Å². The van der Waals surface area contributed by atoms with Crippen LogP contribution in [0.3, 0.4) is 0 Å². The zero-order valence-electron chi connectivity index (χ0n) is 17.4. The van der Waals surface area contributed by atoms with Crippen LogP contribution in [0.15, 0.2) is 30.3 Å². The monoisotopic (exact) mass is 422 g/mol. The molecular weight excluding hydrogens is 392 g/mol. The number of benzene rings is 1. The molecule has 0 aliphatic carbocycles. The first kappa shape index (κ1) is 21.6. The van der Waals surface area contributed by atoms with Gasteiger partial charge in [-0.25, -0.2) is 17.5 Å². The molecule has 29 heavy (non-hydrogen) atoms. The van der Waals surface area contributed by atoms with Crippen LogP contribution in [0.5, 0.6) is 0 Å². The van der Waals surface area contributed by atoms with E-state index in [0.717, 1.165) is 29.0 Å². The molecule has 1 aromatic carbocycles. The number of amides is 2. The van der Waals surface area contributed by atoms with Crippen LogP contribution in [0.1, 0.15) is 45.6 Å². The third-order valence-corrected chi connectivity index (χ3v) is 7.07. The molecule has 8 heteroatoms. The minimum Gasteiger partial charge on any atom is -0.445 e. The summed E-state index contributed by atoms with van der Waals surface area (Å²) >= 11 is 0. The molecule has 0 bridgehead atoms. The van der Waals surface area contributed by atoms with Gasteiger partial charge in [-0.15, -0.1) is 0 Å². The number of rotatable bonds is 6. The van der Waals surface area contributed by atoms with Crippen molar-refractivity contribution in [2.45, 2.75) is 64.8 Å². The van der Waals surface area contributed by atoms with Crippen LogP contribution in [0.25, 0.3) is 0 Å². The first-order valence-corrected chi connectivity index (χ1v) is 12.0. The van der Waals surface area contributed by atoms with Crippen LogP contribution >= 0.6 is 0 Å². The second kappa shape index (κ2) is 8.34. The van der Waals surface area contributed by atoms with Gasteiger partial charge in [0.05, 0.1) is 24.3 Å². The zero-order valence-corrected chi connectivity index (χ0v) is 18.3. The normalized spacial score (nSPS) is 26.9. The average molecular weight is 423 g/mol. The van der Waals surface area contributed by atoms with Gasteiger partial charge in [0.2, 0.25) is 15.9 Å². The lowest BCUT2D eigenvalue weighted by Crippen LogP contribution is -2.47. The molecule has 2 heterocycles. The van der Waals surface area contributed by atoms with Gasteiger partial charge in [-0.3, -0.25) is 9.69 Å². The van der Waals surface area contributed by atoms with Crippen molar-refractivity contribution in [2.75, 3.05) is 6.26 Å². The fourth-order valence-electron chi connectivity index (χ4n) is 4.81. The first-order valence-electron chi connectivity index (χ1n) is 10.2. The maximum Gasteiger partial charge on any atom is 0.410 e. The van der Waals surface area contributed by atoms with Crippen LogP contribution in [-0.4, -0.2) is 54.0 Å². The zero-order chi connectivity index (χ0) is 21.3. The van der Waals surface area contributed by atoms with Crippen molar-refractivity contribution in [3.63, 3.8) is 0 Å². The SMILES string of the molecule is CCCC1C[C@@H]2[C@H]([C@H](C(C)C)C(=O)N2S(C)(=O)=O)N1C(=O)OCc1ccccc1. The Bertz CT molecular complexity index is 855. The van der Waals surface area contributed by atoms with Crippen molar-refractivity contribution in [3.8, 4) is 0 Å². The van der Waals surface area contributed by atoms with Crippen LogP contribution in [-0.2, 0) is 26.2 Å². The van der Waals surface area contributed by atoms with E-state index in [9.17, 15) is 18.0 Å². The molecule has 2 fully saturated rings. The molecule has 2 amide bonds. The molecule has 1 unspecified atom stereocenters. The second-order valence-electron chi connectivity index (χ2n) is 8.35. The van der Waals surface area contributed by atoms with Crippen LogP contribution in [0.2, 0.25) is 0 Å². The summed E-state index contributed by atoms with van der Waals surface area (Å²) < 4.78 is 31.4. The lowest BCUT2D eigenvalue weighted by Gasteiger charge is -2.32. The molecule has 2 aliphatic heterocycles. The summed E-state index contributed by atoms with van der Waals surface area (Å²) in [5.74, 6) is -1.05. The molecule has 0 radical (unpaired) electrons. The predicted molar refractivity (Wildman–Crippen MR) is 109 cm³/mol. The molecule has 0 aromatic heterocycles. The molecule has 4 atom stereocenters. The summed E-state index contributed by atoms with van der Waals surface area (Å²) in [5, 5.41) is 0. The van der Waals surface area contributed by atoms with E-state index in [1.165, 1.54) is 0 Å². The third kappa shape index (κ3) is 4.13. The van der Waals surface area contributed by atoms with E-state index in [4.69, 9.17) is 4.74 Å². The average Bonchev–Trinajstić information content (AvgIpc) is 3.12. The number of fused-ring (bicyclic) bond motifs is 1. The largest absolute Gasteiger partial charge is 0.445 e. The van der Waals surface area contributed by atoms with Gasteiger partial charge in [0.25, 0.3) is 0 Å². The summed E-state index contributed by atoms with van der Waals surface area (Å²) in [6.07, 6.45) is 2.64. The maximum absolute atomic E-state index is 13.1. The highest BCUT2D eigenvalue weighted by Crippen LogP contribution is 2.44. The summed E-state index contributed by atoms with van der Waals surface area (Å²) in [7, 11) is -3.71. The number of carbonyl (C=O) groups excluding carboxylic acids is 2. The molecule has 1 aromatic rings. The van der Waals surface area contributed by atoms with Crippen molar-refractivity contribution in [2.24, 2.45) is 11.8 Å². The van der Waals surface area contributed by atoms with Crippen molar-refractivity contribution < 1.29 is 22.7 Å². The highest BCUT2D eigenvalue weighted by atomic mass is 32.2. The van der Waals surface area contributed by atoms with Gasteiger partial charge >= 0.3 is 6.09 Å². The summed E-state index contributed by atoms with van der Waals surface area (Å²) in [5.41, 5.74) is 0.879. The summed E-state index contributed by atoms with van der Waals surface area (Å²) in [4.78, 5) is 27.7. The highest BCUT2D eigenvalue weighted by Gasteiger charge is 2.61. The van der Waals surface area contributed by atoms with Gasteiger partial charge in [-0.05, 0) is 24.3 Å². The smallest absolute Gasteiger partial charge is 0.410 e. The van der Waals surface area contributed by atoms with Crippen LogP contribution in [0, 0.1) is 11.8 Å². The van der Waals surface area contributed by atoms with Gasteiger partial charge < -0.3 is 4.74 Å². The van der Waals surface area contributed by atoms with E-state index in [0.29, 0.717) is 6.42 Å².